The summed E-state index contributed by atoms with van der Waals surface area (Å²) in [5.41, 5.74) is 0.812. The Balaban J connectivity index is 1.94. The minimum Gasteiger partial charge on any atom is -0.495 e. The van der Waals surface area contributed by atoms with Gasteiger partial charge in [0.05, 0.1) is 34.8 Å². The van der Waals surface area contributed by atoms with Crippen molar-refractivity contribution in [2.75, 3.05) is 19.1 Å². The lowest BCUT2D eigenvalue weighted by Gasteiger charge is -2.15. The molecule has 0 radical (unpaired) electrons. The van der Waals surface area contributed by atoms with E-state index >= 15 is 0 Å². The lowest BCUT2D eigenvalue weighted by molar-refractivity contribution is -0.385. The fourth-order valence-corrected chi connectivity index (χ4v) is 4.13. The van der Waals surface area contributed by atoms with Gasteiger partial charge in [-0.05, 0) is 35.9 Å². The maximum atomic E-state index is 12.8. The van der Waals surface area contributed by atoms with E-state index in [1.165, 1.54) is 31.3 Å². The maximum Gasteiger partial charge on any atom is 0.311 e. The largest absolute Gasteiger partial charge is 0.495 e. The number of anilines is 1. The van der Waals surface area contributed by atoms with Gasteiger partial charge in [-0.1, -0.05) is 41.6 Å². The second-order valence-corrected chi connectivity index (χ2v) is 7.61. The number of thioether (sulfide) groups is 1. The molecular formula is C18H13ClN2O5S2. The molecule has 0 bridgehead atoms. The zero-order chi connectivity index (χ0) is 20.4. The quantitative estimate of drug-likeness (QED) is 0.291. The molecule has 10 heteroatoms. The fourth-order valence-electron chi connectivity index (χ4n) is 2.58. The number of ether oxygens (including phenoxy) is 2. The first-order chi connectivity index (χ1) is 13.3. The van der Waals surface area contributed by atoms with Crippen molar-refractivity contribution in [3.63, 3.8) is 0 Å². The van der Waals surface area contributed by atoms with E-state index in [0.29, 0.717) is 31.2 Å². The first-order valence-electron chi connectivity index (χ1n) is 7.79. The average Bonchev–Trinajstić information content (AvgIpc) is 2.94. The molecule has 0 spiro atoms. The number of amides is 1. The molecule has 3 rings (SSSR count). The monoisotopic (exact) mass is 436 g/mol. The number of thiocarbonyl (C=S) groups is 1. The normalized spacial score (nSPS) is 15.2. The van der Waals surface area contributed by atoms with Gasteiger partial charge in [-0.15, -0.1) is 0 Å². The molecule has 28 heavy (non-hydrogen) atoms. The second-order valence-electron chi connectivity index (χ2n) is 5.52. The molecule has 1 amide bonds. The maximum absolute atomic E-state index is 12.8. The van der Waals surface area contributed by atoms with Gasteiger partial charge >= 0.3 is 5.69 Å². The number of carbonyl (C=O) groups excluding carboxylic acids is 1. The van der Waals surface area contributed by atoms with E-state index in [1.807, 2.05) is 0 Å². The third kappa shape index (κ3) is 3.82. The van der Waals surface area contributed by atoms with Crippen molar-refractivity contribution in [2.24, 2.45) is 0 Å². The predicted molar refractivity (Wildman–Crippen MR) is 113 cm³/mol. The van der Waals surface area contributed by atoms with E-state index in [9.17, 15) is 14.9 Å². The lowest BCUT2D eigenvalue weighted by Crippen LogP contribution is -2.27. The highest BCUT2D eigenvalue weighted by atomic mass is 35.5. The summed E-state index contributed by atoms with van der Waals surface area (Å²) < 4.78 is 10.4. The molecule has 7 nitrogen and oxygen atoms in total. The van der Waals surface area contributed by atoms with Crippen LogP contribution in [0.15, 0.2) is 41.3 Å². The Morgan fingerprint density at radius 1 is 1.18 bits per heavy atom. The number of halogens is 1. The summed E-state index contributed by atoms with van der Waals surface area (Å²) in [4.78, 5) is 25.2. The number of rotatable bonds is 5. The van der Waals surface area contributed by atoms with Gasteiger partial charge in [0.2, 0.25) is 0 Å². The minimum atomic E-state index is -0.541. The molecule has 1 aliphatic rings. The summed E-state index contributed by atoms with van der Waals surface area (Å²) in [7, 11) is 2.85. The van der Waals surface area contributed by atoms with E-state index in [-0.39, 0.29) is 17.3 Å². The van der Waals surface area contributed by atoms with E-state index in [1.54, 1.807) is 30.3 Å². The molecule has 2 aromatic rings. The minimum absolute atomic E-state index is 0.141. The van der Waals surface area contributed by atoms with Crippen molar-refractivity contribution in [3.8, 4) is 11.5 Å². The zero-order valence-corrected chi connectivity index (χ0v) is 17.1. The Bertz CT molecular complexity index is 1030. The summed E-state index contributed by atoms with van der Waals surface area (Å²) >= 11 is 12.6. The van der Waals surface area contributed by atoms with Crippen LogP contribution >= 0.6 is 35.6 Å². The van der Waals surface area contributed by atoms with Gasteiger partial charge in [-0.2, -0.15) is 0 Å². The van der Waals surface area contributed by atoms with E-state index in [4.69, 9.17) is 33.3 Å². The fraction of sp³-hybridized carbons (Fsp3) is 0.111. The Kier molecular flexibility index (Phi) is 5.87. The molecule has 0 atom stereocenters. The van der Waals surface area contributed by atoms with Crippen LogP contribution in [-0.2, 0) is 4.79 Å². The molecule has 0 saturated carbocycles. The molecular weight excluding hydrogens is 424 g/mol. The van der Waals surface area contributed by atoms with E-state index in [2.05, 4.69) is 0 Å². The number of hydrogen-bond donors (Lipinski definition) is 0. The van der Waals surface area contributed by atoms with Crippen molar-refractivity contribution in [1.29, 1.82) is 0 Å². The van der Waals surface area contributed by atoms with Crippen LogP contribution in [0.25, 0.3) is 6.08 Å². The third-order valence-corrected chi connectivity index (χ3v) is 5.48. The Morgan fingerprint density at radius 3 is 2.46 bits per heavy atom. The standard InChI is InChI=1S/C18H13ClN2O5S2/c1-25-14-6-4-11(9-12(14)19)20-17(22)16(28-18(20)27)8-10-3-5-15(26-2)13(7-10)21(23)24/h3-9H,1-2H3/b16-8+. The van der Waals surface area contributed by atoms with Gasteiger partial charge < -0.3 is 9.47 Å². The van der Waals surface area contributed by atoms with Gasteiger partial charge in [0.25, 0.3) is 5.91 Å². The van der Waals surface area contributed by atoms with Crippen LogP contribution in [-0.4, -0.2) is 29.4 Å². The highest BCUT2D eigenvalue weighted by Gasteiger charge is 2.33. The molecule has 1 aliphatic heterocycles. The number of nitro groups is 1. The summed E-state index contributed by atoms with van der Waals surface area (Å²) in [6.45, 7) is 0. The molecule has 0 aromatic heterocycles. The van der Waals surface area contributed by atoms with Crippen LogP contribution in [0.1, 0.15) is 5.56 Å². The number of hydrogen-bond acceptors (Lipinski definition) is 7. The molecule has 0 unspecified atom stereocenters. The first kappa shape index (κ1) is 20.1. The lowest BCUT2D eigenvalue weighted by atomic mass is 10.1. The molecule has 1 heterocycles. The number of benzene rings is 2. The van der Waals surface area contributed by atoms with Crippen molar-refractivity contribution in [2.45, 2.75) is 0 Å². The molecule has 1 fully saturated rings. The van der Waals surface area contributed by atoms with Gasteiger partial charge in [0.1, 0.15) is 5.75 Å². The van der Waals surface area contributed by atoms with Crippen LogP contribution in [0.5, 0.6) is 11.5 Å². The number of nitrogens with zero attached hydrogens (tertiary/aromatic N) is 2. The van der Waals surface area contributed by atoms with Gasteiger partial charge in [0.15, 0.2) is 10.1 Å². The average molecular weight is 437 g/mol. The first-order valence-corrected chi connectivity index (χ1v) is 9.40. The third-order valence-electron chi connectivity index (χ3n) is 3.88. The number of carbonyl (C=O) groups is 1. The highest BCUT2D eigenvalue weighted by Crippen LogP contribution is 2.39. The smallest absolute Gasteiger partial charge is 0.311 e. The van der Waals surface area contributed by atoms with Gasteiger partial charge in [-0.3, -0.25) is 19.8 Å². The van der Waals surface area contributed by atoms with Crippen molar-refractivity contribution in [1.82, 2.24) is 0 Å². The van der Waals surface area contributed by atoms with Gasteiger partial charge in [-0.25, -0.2) is 0 Å². The molecule has 2 aromatic carbocycles. The van der Waals surface area contributed by atoms with Crippen molar-refractivity contribution < 1.29 is 19.2 Å². The second kappa shape index (κ2) is 8.17. The molecule has 1 saturated heterocycles. The van der Waals surface area contributed by atoms with Crippen LogP contribution in [0.2, 0.25) is 5.02 Å². The zero-order valence-electron chi connectivity index (χ0n) is 14.7. The summed E-state index contributed by atoms with van der Waals surface area (Å²) in [5, 5.41) is 11.5. The van der Waals surface area contributed by atoms with Crippen LogP contribution in [0.3, 0.4) is 0 Å². The summed E-state index contributed by atoms with van der Waals surface area (Å²) in [5.74, 6) is 0.286. The van der Waals surface area contributed by atoms with E-state index in [0.717, 1.165) is 11.8 Å². The predicted octanol–water partition coefficient (Wildman–Crippen LogP) is 4.67. The van der Waals surface area contributed by atoms with Crippen LogP contribution < -0.4 is 14.4 Å². The van der Waals surface area contributed by atoms with E-state index < -0.39 is 4.92 Å². The van der Waals surface area contributed by atoms with Crippen molar-refractivity contribution >= 4 is 63.3 Å². The summed E-state index contributed by atoms with van der Waals surface area (Å²) in [6.07, 6.45) is 1.55. The summed E-state index contributed by atoms with van der Waals surface area (Å²) in [6, 6.07) is 9.36. The van der Waals surface area contributed by atoms with Crippen LogP contribution in [0.4, 0.5) is 11.4 Å². The Labute approximate surface area is 175 Å². The topological polar surface area (TPSA) is 81.9 Å². The molecule has 0 aliphatic carbocycles. The number of methoxy groups -OCH3 is 2. The van der Waals surface area contributed by atoms with Crippen molar-refractivity contribution in [3.05, 3.63) is 62.0 Å². The molecule has 144 valence electrons. The Hall–Kier alpha value is -2.62. The molecule has 0 N–H and O–H groups in total. The number of nitro benzene ring substituents is 1. The Morgan fingerprint density at radius 2 is 1.86 bits per heavy atom. The van der Waals surface area contributed by atoms with Gasteiger partial charge in [0, 0.05) is 6.07 Å². The highest BCUT2D eigenvalue weighted by molar-refractivity contribution is 8.27. The SMILES string of the molecule is COc1ccc(N2C(=O)/C(=C\c3ccc(OC)c([N+](=O)[O-])c3)SC2=S)cc1Cl. The van der Waals surface area contributed by atoms with Crippen LogP contribution in [0, 0.1) is 10.1 Å².